The van der Waals surface area contributed by atoms with Crippen LogP contribution in [0.3, 0.4) is 0 Å². The fourth-order valence-electron chi connectivity index (χ4n) is 3.23. The Labute approximate surface area is 164 Å². The lowest BCUT2D eigenvalue weighted by atomic mass is 10.1. The van der Waals surface area contributed by atoms with Crippen LogP contribution in [0.2, 0.25) is 0 Å². The van der Waals surface area contributed by atoms with Gasteiger partial charge in [0.05, 0.1) is 5.69 Å². The van der Waals surface area contributed by atoms with Crippen LogP contribution in [0.1, 0.15) is 34.0 Å². The molecule has 1 aliphatic heterocycles. The Morgan fingerprint density at radius 2 is 2.00 bits per heavy atom. The molecule has 1 aliphatic rings. The van der Waals surface area contributed by atoms with Crippen molar-refractivity contribution in [3.63, 3.8) is 0 Å². The summed E-state index contributed by atoms with van der Waals surface area (Å²) in [4.78, 5) is 29.0. The minimum atomic E-state index is -0.923. The van der Waals surface area contributed by atoms with Crippen LogP contribution in [0.4, 0.5) is 14.5 Å². The Bertz CT molecular complexity index is 1070. The van der Waals surface area contributed by atoms with E-state index in [9.17, 15) is 18.4 Å². The molecule has 7 nitrogen and oxygen atoms in total. The van der Waals surface area contributed by atoms with E-state index in [1.54, 1.807) is 0 Å². The van der Waals surface area contributed by atoms with Gasteiger partial charge in [0.25, 0.3) is 5.91 Å². The Hall–Kier alpha value is -3.62. The number of hydrogen-bond acceptors (Lipinski definition) is 4. The zero-order valence-electron chi connectivity index (χ0n) is 15.2. The lowest BCUT2D eigenvalue weighted by Gasteiger charge is -2.14. The number of carbonyl (C=O) groups excluding carboxylic acids is 2. The Kier molecular flexibility index (Phi) is 5.03. The van der Waals surface area contributed by atoms with Crippen LogP contribution in [-0.4, -0.2) is 33.0 Å². The van der Waals surface area contributed by atoms with Crippen molar-refractivity contribution < 1.29 is 18.4 Å². The van der Waals surface area contributed by atoms with Gasteiger partial charge in [-0.1, -0.05) is 30.3 Å². The zero-order valence-corrected chi connectivity index (χ0v) is 15.2. The highest BCUT2D eigenvalue weighted by Crippen LogP contribution is 2.26. The van der Waals surface area contributed by atoms with Gasteiger partial charge in [0, 0.05) is 12.5 Å². The number of aromatic amines is 1. The van der Waals surface area contributed by atoms with E-state index in [2.05, 4.69) is 25.8 Å². The SMILES string of the molecule is O=C(NC1CCc2cc(F)cc(F)c2NC1=O)c1n[nH]c(Cc2ccccc2)n1. The molecule has 1 atom stereocenters. The third-order valence-electron chi connectivity index (χ3n) is 4.66. The topological polar surface area (TPSA) is 99.8 Å². The molecular formula is C20H17F2N5O2. The molecule has 2 aromatic carbocycles. The van der Waals surface area contributed by atoms with Gasteiger partial charge in [0.1, 0.15) is 23.5 Å². The van der Waals surface area contributed by atoms with Gasteiger partial charge in [0.15, 0.2) is 0 Å². The number of fused-ring (bicyclic) bond motifs is 1. The number of aromatic nitrogens is 3. The van der Waals surface area contributed by atoms with Crippen LogP contribution in [0.25, 0.3) is 0 Å². The molecule has 29 heavy (non-hydrogen) atoms. The summed E-state index contributed by atoms with van der Waals surface area (Å²) in [5.41, 5.74) is 1.29. The third-order valence-corrected chi connectivity index (χ3v) is 4.66. The van der Waals surface area contributed by atoms with Crippen molar-refractivity contribution in [3.05, 3.63) is 76.9 Å². The largest absolute Gasteiger partial charge is 0.337 e. The minimum Gasteiger partial charge on any atom is -0.337 e. The van der Waals surface area contributed by atoms with Gasteiger partial charge in [-0.05, 0) is 30.0 Å². The molecule has 4 rings (SSSR count). The first kappa shape index (κ1) is 18.7. The van der Waals surface area contributed by atoms with Crippen LogP contribution in [0, 0.1) is 11.6 Å². The molecule has 9 heteroatoms. The molecule has 0 spiro atoms. The molecule has 2 amide bonds. The number of halogens is 2. The molecular weight excluding hydrogens is 380 g/mol. The van der Waals surface area contributed by atoms with Crippen molar-refractivity contribution in [2.75, 3.05) is 5.32 Å². The summed E-state index contributed by atoms with van der Waals surface area (Å²) in [6.07, 6.45) is 0.890. The van der Waals surface area contributed by atoms with Crippen LogP contribution >= 0.6 is 0 Å². The van der Waals surface area contributed by atoms with Gasteiger partial charge < -0.3 is 10.6 Å². The number of aryl methyl sites for hydroxylation is 1. The normalized spacial score (nSPS) is 15.9. The second kappa shape index (κ2) is 7.78. The number of nitrogens with zero attached hydrogens (tertiary/aromatic N) is 2. The standard InChI is InChI=1S/C20H17F2N5O2/c21-13-9-12-6-7-15(19(28)25-17(12)14(22)10-13)23-20(29)18-24-16(26-27-18)8-11-4-2-1-3-5-11/h1-5,9-10,15H,6-8H2,(H,23,29)(H,25,28)(H,24,26,27). The minimum absolute atomic E-state index is 0.0591. The van der Waals surface area contributed by atoms with Gasteiger partial charge in [0.2, 0.25) is 11.7 Å². The highest BCUT2D eigenvalue weighted by Gasteiger charge is 2.28. The number of carbonyl (C=O) groups is 2. The molecule has 0 radical (unpaired) electrons. The summed E-state index contributed by atoms with van der Waals surface area (Å²) in [5, 5.41) is 11.6. The molecule has 3 aromatic rings. The maximum Gasteiger partial charge on any atom is 0.291 e. The van der Waals surface area contributed by atoms with E-state index in [1.807, 2.05) is 30.3 Å². The first-order valence-corrected chi connectivity index (χ1v) is 9.04. The van der Waals surface area contributed by atoms with E-state index < -0.39 is 29.5 Å². The summed E-state index contributed by atoms with van der Waals surface area (Å²) in [6, 6.07) is 10.5. The second-order valence-corrected chi connectivity index (χ2v) is 6.74. The van der Waals surface area contributed by atoms with Crippen molar-refractivity contribution in [3.8, 4) is 0 Å². The van der Waals surface area contributed by atoms with Crippen LogP contribution in [0.15, 0.2) is 42.5 Å². The predicted octanol–water partition coefficient (Wildman–Crippen LogP) is 2.36. The lowest BCUT2D eigenvalue weighted by Crippen LogP contribution is -2.43. The fourth-order valence-corrected chi connectivity index (χ4v) is 3.23. The van der Waals surface area contributed by atoms with Gasteiger partial charge in [-0.3, -0.25) is 14.7 Å². The number of hydrogen-bond donors (Lipinski definition) is 3. The van der Waals surface area contributed by atoms with Gasteiger partial charge in [-0.2, -0.15) is 0 Å². The summed E-state index contributed by atoms with van der Waals surface area (Å²) in [7, 11) is 0. The Balaban J connectivity index is 1.44. The van der Waals surface area contributed by atoms with Crippen molar-refractivity contribution in [1.29, 1.82) is 0 Å². The molecule has 0 aliphatic carbocycles. The van der Waals surface area contributed by atoms with E-state index in [4.69, 9.17) is 0 Å². The fraction of sp³-hybridized carbons (Fsp3) is 0.200. The highest BCUT2D eigenvalue weighted by atomic mass is 19.1. The quantitative estimate of drug-likeness (QED) is 0.629. The maximum atomic E-state index is 14.0. The number of benzene rings is 2. The maximum absolute atomic E-state index is 14.0. The summed E-state index contributed by atoms with van der Waals surface area (Å²) in [6.45, 7) is 0. The van der Waals surface area contributed by atoms with E-state index >= 15 is 0 Å². The van der Waals surface area contributed by atoms with Crippen molar-refractivity contribution in [2.24, 2.45) is 0 Å². The highest BCUT2D eigenvalue weighted by molar-refractivity contribution is 6.00. The van der Waals surface area contributed by atoms with Gasteiger partial charge in [-0.15, -0.1) is 5.10 Å². The van der Waals surface area contributed by atoms with Gasteiger partial charge in [-0.25, -0.2) is 13.8 Å². The number of amides is 2. The smallest absolute Gasteiger partial charge is 0.291 e. The van der Waals surface area contributed by atoms with E-state index in [1.165, 1.54) is 6.07 Å². The van der Waals surface area contributed by atoms with Crippen LogP contribution in [-0.2, 0) is 17.6 Å². The third kappa shape index (κ3) is 4.13. The van der Waals surface area contributed by atoms with Crippen molar-refractivity contribution in [2.45, 2.75) is 25.3 Å². The Morgan fingerprint density at radius 3 is 2.79 bits per heavy atom. The molecule has 2 heterocycles. The van der Waals surface area contributed by atoms with Crippen molar-refractivity contribution >= 4 is 17.5 Å². The van der Waals surface area contributed by atoms with Crippen molar-refractivity contribution in [1.82, 2.24) is 20.5 Å². The van der Waals surface area contributed by atoms with Crippen LogP contribution in [0.5, 0.6) is 0 Å². The lowest BCUT2D eigenvalue weighted by molar-refractivity contribution is -0.118. The number of H-pyrrole nitrogens is 1. The summed E-state index contributed by atoms with van der Waals surface area (Å²) in [5.74, 6) is -2.36. The second-order valence-electron chi connectivity index (χ2n) is 6.74. The first-order chi connectivity index (χ1) is 14.0. The molecule has 0 fully saturated rings. The molecule has 0 saturated carbocycles. The number of rotatable bonds is 4. The monoisotopic (exact) mass is 397 g/mol. The molecule has 0 bridgehead atoms. The van der Waals surface area contributed by atoms with Crippen LogP contribution < -0.4 is 10.6 Å². The first-order valence-electron chi connectivity index (χ1n) is 9.04. The molecule has 3 N–H and O–H groups in total. The summed E-state index contributed by atoms with van der Waals surface area (Å²) < 4.78 is 27.4. The molecule has 1 aromatic heterocycles. The molecule has 1 unspecified atom stereocenters. The summed E-state index contributed by atoms with van der Waals surface area (Å²) >= 11 is 0. The average molecular weight is 397 g/mol. The zero-order chi connectivity index (χ0) is 20.4. The van der Waals surface area contributed by atoms with Gasteiger partial charge >= 0.3 is 0 Å². The number of anilines is 1. The number of nitrogens with one attached hydrogen (secondary N) is 3. The predicted molar refractivity (Wildman–Crippen MR) is 100 cm³/mol. The Morgan fingerprint density at radius 1 is 1.21 bits per heavy atom. The van der Waals surface area contributed by atoms with E-state index in [0.29, 0.717) is 23.9 Å². The van der Waals surface area contributed by atoms with E-state index in [0.717, 1.165) is 5.56 Å². The molecule has 0 saturated heterocycles. The average Bonchev–Trinajstić information content (AvgIpc) is 3.10. The van der Waals surface area contributed by atoms with E-state index in [-0.39, 0.29) is 24.4 Å². The molecule has 148 valence electrons.